The molecule has 96 valence electrons. The first-order chi connectivity index (χ1) is 8.60. The van der Waals surface area contributed by atoms with E-state index >= 15 is 0 Å². The zero-order valence-electron chi connectivity index (χ0n) is 10.6. The summed E-state index contributed by atoms with van der Waals surface area (Å²) in [6, 6.07) is 5.15. The van der Waals surface area contributed by atoms with Gasteiger partial charge in [0.1, 0.15) is 0 Å². The predicted octanol–water partition coefficient (Wildman–Crippen LogP) is 2.20. The fourth-order valence-corrected chi connectivity index (χ4v) is 2.52. The molecule has 0 saturated heterocycles. The molecule has 0 radical (unpaired) electrons. The summed E-state index contributed by atoms with van der Waals surface area (Å²) in [6.07, 6.45) is 0.851. The molecule has 4 nitrogen and oxygen atoms in total. The maximum Gasteiger partial charge on any atom is 0.335 e. The summed E-state index contributed by atoms with van der Waals surface area (Å²) in [5.74, 6) is -0.911. The molecule has 1 heterocycles. The van der Waals surface area contributed by atoms with Crippen LogP contribution in [0, 0.1) is 6.92 Å². The van der Waals surface area contributed by atoms with E-state index in [1.54, 1.807) is 12.1 Å². The molecule has 1 aromatic carbocycles. The van der Waals surface area contributed by atoms with Gasteiger partial charge in [0.05, 0.1) is 12.2 Å². The van der Waals surface area contributed by atoms with Gasteiger partial charge in [-0.3, -0.25) is 0 Å². The number of nitrogens with zero attached hydrogens (tertiary/aromatic N) is 1. The number of hydrogen-bond donors (Lipinski definition) is 2. The predicted molar refractivity (Wildman–Crippen MR) is 70.1 cm³/mol. The van der Waals surface area contributed by atoms with Crippen LogP contribution >= 0.6 is 0 Å². The number of hydrogen-bond acceptors (Lipinski definition) is 2. The third kappa shape index (κ3) is 1.88. The van der Waals surface area contributed by atoms with E-state index in [-0.39, 0.29) is 6.61 Å². The Morgan fingerprint density at radius 3 is 2.67 bits per heavy atom. The molecular formula is C14H17NO3. The summed E-state index contributed by atoms with van der Waals surface area (Å²) in [6.45, 7) is 4.68. The molecule has 2 rings (SSSR count). The van der Waals surface area contributed by atoms with Crippen molar-refractivity contribution < 1.29 is 15.0 Å². The molecule has 1 aromatic heterocycles. The Labute approximate surface area is 105 Å². The van der Waals surface area contributed by atoms with Crippen LogP contribution in [0.1, 0.15) is 28.5 Å². The number of carbonyl (C=O) groups is 1. The summed E-state index contributed by atoms with van der Waals surface area (Å²) >= 11 is 0. The van der Waals surface area contributed by atoms with Crippen molar-refractivity contribution >= 4 is 16.9 Å². The first kappa shape index (κ1) is 12.6. The van der Waals surface area contributed by atoms with Crippen molar-refractivity contribution in [1.29, 1.82) is 0 Å². The van der Waals surface area contributed by atoms with Gasteiger partial charge >= 0.3 is 5.97 Å². The van der Waals surface area contributed by atoms with Crippen molar-refractivity contribution in [1.82, 2.24) is 4.57 Å². The molecule has 0 amide bonds. The third-order valence-corrected chi connectivity index (χ3v) is 3.38. The Morgan fingerprint density at radius 1 is 1.39 bits per heavy atom. The van der Waals surface area contributed by atoms with Crippen LogP contribution in [0.3, 0.4) is 0 Å². The second-order valence-corrected chi connectivity index (χ2v) is 4.33. The molecule has 0 aliphatic carbocycles. The fourth-order valence-electron chi connectivity index (χ4n) is 2.52. The van der Waals surface area contributed by atoms with Crippen LogP contribution in [-0.4, -0.2) is 27.4 Å². The zero-order chi connectivity index (χ0) is 13.3. The summed E-state index contributed by atoms with van der Waals surface area (Å²) in [5, 5.41) is 19.1. The highest BCUT2D eigenvalue weighted by Crippen LogP contribution is 2.27. The van der Waals surface area contributed by atoms with E-state index in [0.717, 1.165) is 28.6 Å². The number of benzene rings is 1. The third-order valence-electron chi connectivity index (χ3n) is 3.38. The Balaban J connectivity index is 2.73. The van der Waals surface area contributed by atoms with E-state index in [1.807, 2.05) is 17.6 Å². The van der Waals surface area contributed by atoms with Crippen molar-refractivity contribution in [3.05, 3.63) is 35.0 Å². The molecule has 0 fully saturated rings. The molecule has 0 aliphatic rings. The van der Waals surface area contributed by atoms with Crippen LogP contribution in [-0.2, 0) is 13.0 Å². The standard InChI is InChI=1S/C14H17NO3/c1-3-11-9(2)15(6-7-16)13-5-4-10(14(17)18)8-12(11)13/h4-5,8,16H,3,6-7H2,1-2H3,(H,17,18). The number of carboxylic acid groups (broad SMARTS) is 1. The number of carboxylic acids is 1. The van der Waals surface area contributed by atoms with Gasteiger partial charge in [-0.2, -0.15) is 0 Å². The van der Waals surface area contributed by atoms with Crippen LogP contribution in [0.15, 0.2) is 18.2 Å². The monoisotopic (exact) mass is 247 g/mol. The fraction of sp³-hybridized carbons (Fsp3) is 0.357. The largest absolute Gasteiger partial charge is 0.478 e. The van der Waals surface area contributed by atoms with Crippen molar-refractivity contribution in [3.8, 4) is 0 Å². The number of aliphatic hydroxyl groups excluding tert-OH is 1. The normalized spacial score (nSPS) is 11.1. The van der Waals surface area contributed by atoms with Crippen LogP contribution in [0.5, 0.6) is 0 Å². The van der Waals surface area contributed by atoms with Gasteiger partial charge in [0.15, 0.2) is 0 Å². The highest BCUT2D eigenvalue weighted by molar-refractivity contribution is 5.95. The Bertz CT molecular complexity index is 599. The SMILES string of the molecule is CCc1c(C)n(CCO)c2ccc(C(=O)O)cc12. The average Bonchev–Trinajstić information content (AvgIpc) is 2.62. The van der Waals surface area contributed by atoms with E-state index < -0.39 is 5.97 Å². The number of aryl methyl sites for hydroxylation is 1. The quantitative estimate of drug-likeness (QED) is 0.870. The molecule has 0 saturated carbocycles. The van der Waals surface area contributed by atoms with Crippen molar-refractivity contribution in [2.45, 2.75) is 26.8 Å². The highest BCUT2D eigenvalue weighted by atomic mass is 16.4. The highest BCUT2D eigenvalue weighted by Gasteiger charge is 2.14. The number of aliphatic hydroxyl groups is 1. The lowest BCUT2D eigenvalue weighted by atomic mass is 10.1. The Kier molecular flexibility index (Phi) is 3.39. The minimum atomic E-state index is -0.911. The van der Waals surface area contributed by atoms with Crippen LogP contribution in [0.4, 0.5) is 0 Å². The molecule has 4 heteroatoms. The molecular weight excluding hydrogens is 230 g/mol. The summed E-state index contributed by atoms with van der Waals surface area (Å²) in [5.41, 5.74) is 3.55. The molecule has 2 N–H and O–H groups in total. The van der Waals surface area contributed by atoms with Crippen LogP contribution in [0.2, 0.25) is 0 Å². The molecule has 0 aliphatic heterocycles. The maximum atomic E-state index is 11.0. The van der Waals surface area contributed by atoms with E-state index in [4.69, 9.17) is 10.2 Å². The summed E-state index contributed by atoms with van der Waals surface area (Å²) in [7, 11) is 0. The molecule has 0 unspecified atom stereocenters. The van der Waals surface area contributed by atoms with E-state index in [0.29, 0.717) is 12.1 Å². The van der Waals surface area contributed by atoms with Crippen molar-refractivity contribution in [3.63, 3.8) is 0 Å². The van der Waals surface area contributed by atoms with Gasteiger partial charge in [0, 0.05) is 23.1 Å². The van der Waals surface area contributed by atoms with Crippen molar-refractivity contribution in [2.75, 3.05) is 6.61 Å². The second-order valence-electron chi connectivity index (χ2n) is 4.33. The summed E-state index contributed by atoms with van der Waals surface area (Å²) < 4.78 is 2.04. The Hall–Kier alpha value is -1.81. The van der Waals surface area contributed by atoms with Crippen LogP contribution in [0.25, 0.3) is 10.9 Å². The molecule has 2 aromatic rings. The molecule has 0 spiro atoms. The topological polar surface area (TPSA) is 62.5 Å². The minimum Gasteiger partial charge on any atom is -0.478 e. The Morgan fingerprint density at radius 2 is 2.11 bits per heavy atom. The van der Waals surface area contributed by atoms with E-state index in [9.17, 15) is 4.79 Å². The van der Waals surface area contributed by atoms with Crippen LogP contribution < -0.4 is 0 Å². The zero-order valence-corrected chi connectivity index (χ0v) is 10.6. The lowest BCUT2D eigenvalue weighted by molar-refractivity contribution is 0.0697. The number of fused-ring (bicyclic) bond motifs is 1. The smallest absolute Gasteiger partial charge is 0.335 e. The van der Waals surface area contributed by atoms with Gasteiger partial charge in [-0.25, -0.2) is 4.79 Å². The first-order valence-corrected chi connectivity index (χ1v) is 6.06. The van der Waals surface area contributed by atoms with E-state index in [1.165, 1.54) is 0 Å². The van der Waals surface area contributed by atoms with Gasteiger partial charge in [-0.15, -0.1) is 0 Å². The van der Waals surface area contributed by atoms with E-state index in [2.05, 4.69) is 6.92 Å². The van der Waals surface area contributed by atoms with Gasteiger partial charge in [0.25, 0.3) is 0 Å². The van der Waals surface area contributed by atoms with Gasteiger partial charge < -0.3 is 14.8 Å². The number of aromatic nitrogens is 1. The number of aromatic carboxylic acids is 1. The maximum absolute atomic E-state index is 11.0. The van der Waals surface area contributed by atoms with Gasteiger partial charge in [-0.05, 0) is 37.1 Å². The molecule has 18 heavy (non-hydrogen) atoms. The second kappa shape index (κ2) is 4.82. The summed E-state index contributed by atoms with van der Waals surface area (Å²) in [4.78, 5) is 11.0. The first-order valence-electron chi connectivity index (χ1n) is 6.06. The number of rotatable bonds is 4. The lowest BCUT2D eigenvalue weighted by Crippen LogP contribution is -2.04. The van der Waals surface area contributed by atoms with Crippen molar-refractivity contribution in [2.24, 2.45) is 0 Å². The molecule has 0 bridgehead atoms. The lowest BCUT2D eigenvalue weighted by Gasteiger charge is -2.05. The van der Waals surface area contributed by atoms with Gasteiger partial charge in [-0.1, -0.05) is 6.92 Å². The molecule has 0 atom stereocenters. The average molecular weight is 247 g/mol. The minimum absolute atomic E-state index is 0.0778. The van der Waals surface area contributed by atoms with Gasteiger partial charge in [0.2, 0.25) is 0 Å².